The van der Waals surface area contributed by atoms with E-state index in [9.17, 15) is 4.79 Å². The SMILES string of the molecule is CC(=O)N=O.c1ccc2ccccc2c1. The van der Waals surface area contributed by atoms with Gasteiger partial charge in [0, 0.05) is 12.1 Å². The number of carbonyl (C=O) groups excluding carboxylic acids is 1. The molecule has 0 saturated carbocycles. The van der Waals surface area contributed by atoms with E-state index in [0.717, 1.165) is 6.92 Å². The molecule has 76 valence electrons. The van der Waals surface area contributed by atoms with Crippen molar-refractivity contribution in [3.8, 4) is 0 Å². The normalized spacial score (nSPS) is 8.87. The number of amides is 1. The second-order valence-corrected chi connectivity index (χ2v) is 2.96. The zero-order valence-electron chi connectivity index (χ0n) is 8.38. The lowest BCUT2D eigenvalue weighted by molar-refractivity contribution is -0.115. The Balaban J connectivity index is 0.000000195. The van der Waals surface area contributed by atoms with Crippen LogP contribution in [0.25, 0.3) is 10.8 Å². The van der Waals surface area contributed by atoms with Gasteiger partial charge in [-0.05, 0) is 10.8 Å². The number of fused-ring (bicyclic) bond motifs is 1. The first-order valence-electron chi connectivity index (χ1n) is 4.52. The summed E-state index contributed by atoms with van der Waals surface area (Å²) in [5.74, 6) is -0.676. The van der Waals surface area contributed by atoms with Gasteiger partial charge in [0.05, 0.1) is 0 Å². The molecule has 0 fully saturated rings. The minimum atomic E-state index is -0.676. The van der Waals surface area contributed by atoms with Crippen molar-refractivity contribution in [2.24, 2.45) is 5.18 Å². The van der Waals surface area contributed by atoms with Crippen molar-refractivity contribution < 1.29 is 4.79 Å². The van der Waals surface area contributed by atoms with Crippen LogP contribution in [0.15, 0.2) is 53.7 Å². The molecule has 0 aliphatic heterocycles. The average molecular weight is 201 g/mol. The number of benzene rings is 2. The molecule has 0 atom stereocenters. The van der Waals surface area contributed by atoms with Crippen molar-refractivity contribution in [1.82, 2.24) is 0 Å². The molecule has 15 heavy (non-hydrogen) atoms. The molecule has 0 aliphatic carbocycles. The van der Waals surface area contributed by atoms with Crippen molar-refractivity contribution >= 4 is 16.7 Å². The first kappa shape index (κ1) is 11.0. The molecule has 0 spiro atoms. The standard InChI is InChI=1S/C10H8.C2H3NO2/c1-2-6-10-8-4-3-7-9(10)5-1;1-2(4)3-5/h1-8H;1H3. The van der Waals surface area contributed by atoms with Crippen LogP contribution in [0.3, 0.4) is 0 Å². The molecule has 2 aromatic rings. The van der Waals surface area contributed by atoms with Gasteiger partial charge in [0.25, 0.3) is 5.91 Å². The molecule has 2 aromatic carbocycles. The number of nitrogens with zero attached hydrogens (tertiary/aromatic N) is 1. The number of hydrogen-bond donors (Lipinski definition) is 0. The molecule has 3 heteroatoms. The second-order valence-electron chi connectivity index (χ2n) is 2.96. The fourth-order valence-electron chi connectivity index (χ4n) is 1.13. The molecule has 0 aromatic heterocycles. The smallest absolute Gasteiger partial charge is 0.269 e. The maximum atomic E-state index is 9.33. The van der Waals surface area contributed by atoms with E-state index >= 15 is 0 Å². The summed E-state index contributed by atoms with van der Waals surface area (Å²) >= 11 is 0. The molecule has 0 aliphatic rings. The van der Waals surface area contributed by atoms with Gasteiger partial charge in [-0.2, -0.15) is 0 Å². The summed E-state index contributed by atoms with van der Waals surface area (Å²) < 4.78 is 0. The van der Waals surface area contributed by atoms with Gasteiger partial charge in [0.2, 0.25) is 0 Å². The van der Waals surface area contributed by atoms with Gasteiger partial charge in [-0.3, -0.25) is 4.79 Å². The van der Waals surface area contributed by atoms with Crippen molar-refractivity contribution in [3.05, 3.63) is 53.4 Å². The largest absolute Gasteiger partial charge is 0.283 e. The van der Waals surface area contributed by atoms with E-state index in [1.807, 2.05) is 5.18 Å². The Kier molecular flexibility index (Phi) is 4.16. The molecule has 3 nitrogen and oxygen atoms in total. The van der Waals surface area contributed by atoms with Gasteiger partial charge >= 0.3 is 0 Å². The highest BCUT2D eigenvalue weighted by molar-refractivity contribution is 5.82. The van der Waals surface area contributed by atoms with E-state index in [0.29, 0.717) is 0 Å². The predicted molar refractivity (Wildman–Crippen MR) is 60.4 cm³/mol. The van der Waals surface area contributed by atoms with E-state index in [4.69, 9.17) is 4.91 Å². The van der Waals surface area contributed by atoms with Gasteiger partial charge in [-0.25, -0.2) is 0 Å². The van der Waals surface area contributed by atoms with Gasteiger partial charge in [0.1, 0.15) is 0 Å². The Bertz CT molecular complexity index is 400. The summed E-state index contributed by atoms with van der Waals surface area (Å²) in [6.45, 7) is 1.10. The monoisotopic (exact) mass is 201 g/mol. The summed E-state index contributed by atoms with van der Waals surface area (Å²) in [6.07, 6.45) is 0. The van der Waals surface area contributed by atoms with Crippen LogP contribution in [0.1, 0.15) is 6.92 Å². The molecule has 0 N–H and O–H groups in total. The lowest BCUT2D eigenvalue weighted by atomic mass is 10.1. The molecule has 0 radical (unpaired) electrons. The van der Waals surface area contributed by atoms with Crippen LogP contribution >= 0.6 is 0 Å². The van der Waals surface area contributed by atoms with Crippen LogP contribution in [-0.2, 0) is 4.79 Å². The van der Waals surface area contributed by atoms with Crippen molar-refractivity contribution in [2.45, 2.75) is 6.92 Å². The first-order valence-corrected chi connectivity index (χ1v) is 4.52. The Morgan fingerprint density at radius 3 is 1.40 bits per heavy atom. The van der Waals surface area contributed by atoms with Gasteiger partial charge in [0.15, 0.2) is 0 Å². The van der Waals surface area contributed by atoms with Crippen LogP contribution in [0.4, 0.5) is 0 Å². The summed E-state index contributed by atoms with van der Waals surface area (Å²) in [7, 11) is 0. The Morgan fingerprint density at radius 2 is 1.20 bits per heavy atom. The number of hydrogen-bond acceptors (Lipinski definition) is 2. The number of nitroso groups, excluding NO2 is 1. The molecular formula is C12H11NO2. The maximum Gasteiger partial charge on any atom is 0.283 e. The third kappa shape index (κ3) is 3.68. The summed E-state index contributed by atoms with van der Waals surface area (Å²) in [6, 6.07) is 16.7. The van der Waals surface area contributed by atoms with Crippen molar-refractivity contribution in [1.29, 1.82) is 0 Å². The summed E-state index contributed by atoms with van der Waals surface area (Å²) in [5, 5.41) is 4.62. The van der Waals surface area contributed by atoms with Gasteiger partial charge in [-0.15, -0.1) is 4.91 Å². The number of carbonyl (C=O) groups is 1. The van der Waals surface area contributed by atoms with Gasteiger partial charge in [-0.1, -0.05) is 48.5 Å². The Hall–Kier alpha value is -2.03. The summed E-state index contributed by atoms with van der Waals surface area (Å²) in [5.41, 5.74) is 0. The van der Waals surface area contributed by atoms with E-state index in [2.05, 4.69) is 48.5 Å². The second kappa shape index (κ2) is 5.65. The van der Waals surface area contributed by atoms with Crippen LogP contribution in [0, 0.1) is 4.91 Å². The lowest BCUT2D eigenvalue weighted by Crippen LogP contribution is -1.74. The Labute approximate surface area is 87.7 Å². The van der Waals surface area contributed by atoms with Crippen molar-refractivity contribution in [3.63, 3.8) is 0 Å². The predicted octanol–water partition coefficient (Wildman–Crippen LogP) is 3.14. The Morgan fingerprint density at radius 1 is 0.933 bits per heavy atom. The lowest BCUT2D eigenvalue weighted by Gasteiger charge is -1.92. The molecule has 0 bridgehead atoms. The highest BCUT2D eigenvalue weighted by Crippen LogP contribution is 2.11. The fraction of sp³-hybridized carbons (Fsp3) is 0.0833. The minimum Gasteiger partial charge on any atom is -0.269 e. The third-order valence-electron chi connectivity index (χ3n) is 1.79. The van der Waals surface area contributed by atoms with Crippen LogP contribution in [0.5, 0.6) is 0 Å². The minimum absolute atomic E-state index is 0.676. The molecule has 2 rings (SSSR count). The summed E-state index contributed by atoms with van der Waals surface area (Å²) in [4.78, 5) is 18.2. The average Bonchev–Trinajstić information content (AvgIpc) is 2.30. The molecule has 0 unspecified atom stereocenters. The van der Waals surface area contributed by atoms with E-state index in [1.165, 1.54) is 10.8 Å². The third-order valence-corrected chi connectivity index (χ3v) is 1.79. The van der Waals surface area contributed by atoms with Crippen LogP contribution in [-0.4, -0.2) is 5.91 Å². The van der Waals surface area contributed by atoms with Gasteiger partial charge < -0.3 is 0 Å². The van der Waals surface area contributed by atoms with E-state index in [-0.39, 0.29) is 0 Å². The van der Waals surface area contributed by atoms with E-state index < -0.39 is 5.91 Å². The molecule has 0 heterocycles. The number of rotatable bonds is 0. The first-order chi connectivity index (χ1) is 7.24. The quantitative estimate of drug-likeness (QED) is 0.614. The zero-order chi connectivity index (χ0) is 11.1. The zero-order valence-corrected chi connectivity index (χ0v) is 8.38. The van der Waals surface area contributed by atoms with Crippen molar-refractivity contribution in [2.75, 3.05) is 0 Å². The highest BCUT2D eigenvalue weighted by atomic mass is 16.3. The fourth-order valence-corrected chi connectivity index (χ4v) is 1.13. The van der Waals surface area contributed by atoms with Crippen LogP contribution in [0.2, 0.25) is 0 Å². The topological polar surface area (TPSA) is 46.5 Å². The highest BCUT2D eigenvalue weighted by Gasteiger charge is 1.85. The van der Waals surface area contributed by atoms with E-state index in [1.54, 1.807) is 0 Å². The molecule has 0 saturated heterocycles. The maximum absolute atomic E-state index is 9.33. The molecular weight excluding hydrogens is 190 g/mol. The molecule has 1 amide bonds. The van der Waals surface area contributed by atoms with Crippen LogP contribution < -0.4 is 0 Å².